The summed E-state index contributed by atoms with van der Waals surface area (Å²) in [6.45, 7) is 2.34. The molecule has 6 atom stereocenters. The van der Waals surface area contributed by atoms with Crippen LogP contribution in [0.5, 0.6) is 0 Å². The van der Waals surface area contributed by atoms with Crippen LogP contribution in [0, 0.1) is 29.6 Å². The van der Waals surface area contributed by atoms with E-state index in [1.54, 1.807) is 5.57 Å². The average Bonchev–Trinajstić information content (AvgIpc) is 2.93. The van der Waals surface area contributed by atoms with Crippen LogP contribution in [-0.4, -0.2) is 10.7 Å². The third kappa shape index (κ3) is 2.24. The summed E-state index contributed by atoms with van der Waals surface area (Å²) in [5, 5.41) is 12.2. The molecule has 1 nitrogen and oxygen atoms in total. The molecule has 0 aliphatic heterocycles. The van der Waals surface area contributed by atoms with Crippen LogP contribution in [-0.2, 0) is 0 Å². The fourth-order valence-corrected chi connectivity index (χ4v) is 6.27. The quantitative estimate of drug-likeness (QED) is 0.627. The topological polar surface area (TPSA) is 20.2 Å². The van der Waals surface area contributed by atoms with Crippen LogP contribution in [0.1, 0.15) is 51.9 Å². The lowest BCUT2D eigenvalue weighted by molar-refractivity contribution is 0.0676. The highest BCUT2D eigenvalue weighted by atomic mass is 16.3. The van der Waals surface area contributed by atoms with Gasteiger partial charge < -0.3 is 5.11 Å². The predicted molar refractivity (Wildman–Crippen MR) is 103 cm³/mol. The first-order valence-corrected chi connectivity index (χ1v) is 10.4. The van der Waals surface area contributed by atoms with E-state index in [-0.39, 0.29) is 0 Å². The highest BCUT2D eigenvalue weighted by molar-refractivity contribution is 5.52. The van der Waals surface area contributed by atoms with Gasteiger partial charge in [-0.25, -0.2) is 0 Å². The van der Waals surface area contributed by atoms with Crippen molar-refractivity contribution in [3.05, 3.63) is 59.3 Å². The van der Waals surface area contributed by atoms with E-state index >= 15 is 0 Å². The Labute approximate surface area is 151 Å². The predicted octanol–water partition coefficient (Wildman–Crippen LogP) is 5.51. The summed E-state index contributed by atoms with van der Waals surface area (Å²) < 4.78 is 0. The number of allylic oxidation sites excluding steroid dienone is 7. The third-order valence-corrected chi connectivity index (χ3v) is 7.57. The molecule has 0 aromatic rings. The maximum Gasteiger partial charge on any atom is 0.114 e. The number of aliphatic hydroxyl groups is 1. The summed E-state index contributed by atoms with van der Waals surface area (Å²) >= 11 is 0. The number of fused-ring (bicyclic) bond motifs is 5. The van der Waals surface area contributed by atoms with Crippen molar-refractivity contribution in [2.24, 2.45) is 29.6 Å². The smallest absolute Gasteiger partial charge is 0.114 e. The van der Waals surface area contributed by atoms with E-state index in [0.717, 1.165) is 31.6 Å². The lowest BCUT2D eigenvalue weighted by Gasteiger charge is -2.40. The normalized spacial score (nSPS) is 45.0. The third-order valence-electron chi connectivity index (χ3n) is 7.57. The Bertz CT molecular complexity index is 718. The van der Waals surface area contributed by atoms with E-state index in [1.807, 2.05) is 0 Å². The first-order valence-electron chi connectivity index (χ1n) is 10.4. The Morgan fingerprint density at radius 3 is 2.76 bits per heavy atom. The molecule has 1 N–H and O–H groups in total. The molecule has 132 valence electrons. The average molecular weight is 335 g/mol. The molecule has 1 heteroatoms. The molecule has 0 aromatic heterocycles. The van der Waals surface area contributed by atoms with Crippen molar-refractivity contribution in [1.82, 2.24) is 0 Å². The Morgan fingerprint density at radius 1 is 1.04 bits per heavy atom. The van der Waals surface area contributed by atoms with Crippen molar-refractivity contribution in [2.75, 3.05) is 0 Å². The molecule has 0 aromatic carbocycles. The summed E-state index contributed by atoms with van der Waals surface area (Å²) in [7, 11) is 0. The highest BCUT2D eigenvalue weighted by Crippen LogP contribution is 2.61. The summed E-state index contributed by atoms with van der Waals surface area (Å²) in [6.07, 6.45) is 24.6. The van der Waals surface area contributed by atoms with Gasteiger partial charge in [0, 0.05) is 11.8 Å². The van der Waals surface area contributed by atoms with E-state index in [4.69, 9.17) is 0 Å². The monoisotopic (exact) mass is 334 g/mol. The van der Waals surface area contributed by atoms with Crippen molar-refractivity contribution in [1.29, 1.82) is 0 Å². The molecule has 0 saturated heterocycles. The fraction of sp³-hybridized carbons (Fsp3) is 0.583. The first-order chi connectivity index (χ1) is 12.2. The number of hydrogen-bond donors (Lipinski definition) is 1. The molecule has 5 aliphatic rings. The molecule has 0 radical (unpaired) electrons. The Kier molecular flexibility index (Phi) is 3.71. The van der Waals surface area contributed by atoms with Gasteiger partial charge in [-0.15, -0.1) is 0 Å². The van der Waals surface area contributed by atoms with Crippen molar-refractivity contribution >= 4 is 0 Å². The molecule has 5 rings (SSSR count). The number of hydrogen-bond acceptors (Lipinski definition) is 1. The van der Waals surface area contributed by atoms with Gasteiger partial charge in [0.2, 0.25) is 0 Å². The lowest BCUT2D eigenvalue weighted by atomic mass is 9.67. The Morgan fingerprint density at radius 2 is 1.92 bits per heavy atom. The Balaban J connectivity index is 1.63. The van der Waals surface area contributed by atoms with Gasteiger partial charge in [0.1, 0.15) is 5.60 Å². The fourth-order valence-electron chi connectivity index (χ4n) is 6.27. The second-order valence-corrected chi connectivity index (χ2v) is 8.95. The summed E-state index contributed by atoms with van der Waals surface area (Å²) in [5.74, 6) is 2.70. The molecule has 25 heavy (non-hydrogen) atoms. The van der Waals surface area contributed by atoms with E-state index in [0.29, 0.717) is 23.7 Å². The van der Waals surface area contributed by atoms with Crippen molar-refractivity contribution in [3.8, 4) is 0 Å². The van der Waals surface area contributed by atoms with E-state index in [2.05, 4.69) is 49.5 Å². The van der Waals surface area contributed by atoms with Crippen molar-refractivity contribution < 1.29 is 5.11 Å². The second kappa shape index (κ2) is 5.84. The SMILES string of the molecule is CC1CC=C(C2(O)C3=CCC4C=CC=CC4C3C3=CCCCC32)CC1. The minimum absolute atomic E-state index is 0.329. The Hall–Kier alpha value is -1.34. The van der Waals surface area contributed by atoms with E-state index < -0.39 is 5.60 Å². The van der Waals surface area contributed by atoms with Crippen LogP contribution in [0.15, 0.2) is 59.3 Å². The lowest BCUT2D eigenvalue weighted by Crippen LogP contribution is -2.40. The zero-order chi connectivity index (χ0) is 17.0. The molecule has 0 heterocycles. The molecule has 0 spiro atoms. The van der Waals surface area contributed by atoms with Crippen LogP contribution < -0.4 is 0 Å². The van der Waals surface area contributed by atoms with Gasteiger partial charge in [0.25, 0.3) is 0 Å². The van der Waals surface area contributed by atoms with Crippen LogP contribution in [0.2, 0.25) is 0 Å². The molecular weight excluding hydrogens is 304 g/mol. The van der Waals surface area contributed by atoms with Crippen molar-refractivity contribution in [2.45, 2.75) is 57.5 Å². The first kappa shape index (κ1) is 15.9. The van der Waals surface area contributed by atoms with Gasteiger partial charge in [-0.05, 0) is 73.8 Å². The van der Waals surface area contributed by atoms with Gasteiger partial charge in [-0.2, -0.15) is 0 Å². The van der Waals surface area contributed by atoms with Crippen LogP contribution in [0.25, 0.3) is 0 Å². The maximum absolute atomic E-state index is 12.2. The largest absolute Gasteiger partial charge is 0.380 e. The molecule has 0 amide bonds. The molecule has 6 unspecified atom stereocenters. The summed E-state index contributed by atoms with van der Waals surface area (Å²) in [6, 6.07) is 0. The second-order valence-electron chi connectivity index (χ2n) is 8.95. The zero-order valence-electron chi connectivity index (χ0n) is 15.3. The van der Waals surface area contributed by atoms with Crippen LogP contribution >= 0.6 is 0 Å². The van der Waals surface area contributed by atoms with Crippen LogP contribution in [0.4, 0.5) is 0 Å². The minimum atomic E-state index is -0.684. The zero-order valence-corrected chi connectivity index (χ0v) is 15.3. The standard InChI is InChI=1S/C24H30O/c1-16-10-13-18(14-11-16)24(25)21-9-5-4-8-20(21)23-19-7-3-2-6-17(19)12-15-22(23)24/h2-3,6-8,13,15-17,19,21,23,25H,4-5,9-12,14H2,1H3. The van der Waals surface area contributed by atoms with Crippen LogP contribution in [0.3, 0.4) is 0 Å². The van der Waals surface area contributed by atoms with Gasteiger partial charge in [0.15, 0.2) is 0 Å². The molecule has 1 fully saturated rings. The van der Waals surface area contributed by atoms with Gasteiger partial charge in [-0.3, -0.25) is 0 Å². The molecule has 5 aliphatic carbocycles. The number of rotatable bonds is 1. The maximum atomic E-state index is 12.2. The molecule has 0 bridgehead atoms. The van der Waals surface area contributed by atoms with E-state index in [9.17, 15) is 5.11 Å². The molecule has 1 saturated carbocycles. The molecular formula is C24H30O. The highest BCUT2D eigenvalue weighted by Gasteiger charge is 2.58. The van der Waals surface area contributed by atoms with Gasteiger partial charge in [0.05, 0.1) is 0 Å². The summed E-state index contributed by atoms with van der Waals surface area (Å²) in [4.78, 5) is 0. The van der Waals surface area contributed by atoms with Crippen molar-refractivity contribution in [3.63, 3.8) is 0 Å². The van der Waals surface area contributed by atoms with Gasteiger partial charge in [-0.1, -0.05) is 55.0 Å². The minimum Gasteiger partial charge on any atom is -0.380 e. The van der Waals surface area contributed by atoms with E-state index in [1.165, 1.54) is 30.4 Å². The summed E-state index contributed by atoms with van der Waals surface area (Å²) in [5.41, 5.74) is 3.57. The van der Waals surface area contributed by atoms with Gasteiger partial charge >= 0.3 is 0 Å².